The van der Waals surface area contributed by atoms with Gasteiger partial charge in [-0.1, -0.05) is 18.2 Å². The summed E-state index contributed by atoms with van der Waals surface area (Å²) in [5.41, 5.74) is 6.79. The van der Waals surface area contributed by atoms with E-state index in [0.717, 1.165) is 18.4 Å². The molecule has 0 radical (unpaired) electrons. The quantitative estimate of drug-likeness (QED) is 0.825. The number of hydrogen-bond acceptors (Lipinski definition) is 7. The number of azo groups is 1. The van der Waals surface area contributed by atoms with Crippen molar-refractivity contribution in [2.45, 2.75) is 31.0 Å². The minimum Gasteiger partial charge on any atom is -0.472 e. The Hall–Kier alpha value is -3.57. The predicted octanol–water partition coefficient (Wildman–Crippen LogP) is 2.62. The smallest absolute Gasteiger partial charge is 0.261 e. The number of nitrogens with zero attached hydrogens (tertiary/aromatic N) is 5. The van der Waals surface area contributed by atoms with Gasteiger partial charge < -0.3 is 15.4 Å². The Kier molecular flexibility index (Phi) is 5.55. The highest BCUT2D eigenvalue weighted by atomic mass is 16.5. The average Bonchev–Trinajstić information content (AvgIpc) is 3.23. The van der Waals surface area contributed by atoms with Gasteiger partial charge >= 0.3 is 0 Å². The number of aromatic nitrogens is 1. The maximum Gasteiger partial charge on any atom is 0.261 e. The van der Waals surface area contributed by atoms with E-state index in [2.05, 4.69) is 21.3 Å². The van der Waals surface area contributed by atoms with Crippen LogP contribution in [0.2, 0.25) is 0 Å². The van der Waals surface area contributed by atoms with Crippen molar-refractivity contribution in [3.8, 4) is 6.07 Å². The second kappa shape index (κ2) is 8.43. The molecule has 0 bridgehead atoms. The molecule has 1 fully saturated rings. The fraction of sp³-hybridized carbons (Fsp3) is 0.318. The zero-order valence-corrected chi connectivity index (χ0v) is 16.4. The molecule has 3 heterocycles. The molecule has 4 rings (SSSR count). The summed E-state index contributed by atoms with van der Waals surface area (Å²) in [7, 11) is 0. The molecule has 0 saturated carbocycles. The number of carbonyl (C=O) groups is 1. The zero-order valence-electron chi connectivity index (χ0n) is 16.4. The van der Waals surface area contributed by atoms with Crippen molar-refractivity contribution in [2.24, 2.45) is 16.0 Å². The van der Waals surface area contributed by atoms with Gasteiger partial charge in [0, 0.05) is 43.2 Å². The molecule has 2 N–H and O–H groups in total. The fourth-order valence-electron chi connectivity index (χ4n) is 3.68. The molecule has 1 saturated heterocycles. The van der Waals surface area contributed by atoms with Gasteiger partial charge in [-0.15, -0.1) is 5.11 Å². The SMILES string of the molecule is N#Cc1ccc(C2(C(=O)N3CCC[C@@H](N)C3)C=C(OCc3cccnc3)N=N2)cc1. The molecule has 1 aromatic heterocycles. The monoisotopic (exact) mass is 402 g/mol. The van der Waals surface area contributed by atoms with Crippen LogP contribution in [0.3, 0.4) is 0 Å². The van der Waals surface area contributed by atoms with E-state index in [4.69, 9.17) is 15.7 Å². The molecule has 152 valence electrons. The van der Waals surface area contributed by atoms with Gasteiger partial charge in [0.25, 0.3) is 5.91 Å². The second-order valence-corrected chi connectivity index (χ2v) is 7.44. The molecular weight excluding hydrogens is 380 g/mol. The summed E-state index contributed by atoms with van der Waals surface area (Å²) < 4.78 is 5.78. The third-order valence-electron chi connectivity index (χ3n) is 5.27. The minimum absolute atomic E-state index is 0.0515. The molecule has 2 aromatic rings. The molecular formula is C22H22N6O2. The Bertz CT molecular complexity index is 1010. The zero-order chi connectivity index (χ0) is 21.0. The lowest BCUT2D eigenvalue weighted by atomic mass is 9.88. The molecule has 30 heavy (non-hydrogen) atoms. The van der Waals surface area contributed by atoms with Crippen molar-refractivity contribution in [1.82, 2.24) is 9.88 Å². The van der Waals surface area contributed by atoms with Crippen LogP contribution < -0.4 is 5.73 Å². The lowest BCUT2D eigenvalue weighted by molar-refractivity contribution is -0.136. The predicted molar refractivity (Wildman–Crippen MR) is 109 cm³/mol. The number of benzene rings is 1. The highest BCUT2D eigenvalue weighted by molar-refractivity contribution is 5.91. The first kappa shape index (κ1) is 19.7. The van der Waals surface area contributed by atoms with Crippen molar-refractivity contribution in [3.05, 3.63) is 77.4 Å². The van der Waals surface area contributed by atoms with Crippen LogP contribution >= 0.6 is 0 Å². The standard InChI is InChI=1S/C22H22N6O2/c23-12-16-5-7-18(8-6-16)22(21(29)28-10-2-4-19(24)14-28)11-20(26-27-22)30-15-17-3-1-9-25-13-17/h1,3,5-9,11,13,19H,2,4,10,14-15,24H2/t19-,22?/m1/s1. The summed E-state index contributed by atoms with van der Waals surface area (Å²) in [6.45, 7) is 1.37. The van der Waals surface area contributed by atoms with Crippen LogP contribution in [-0.4, -0.2) is 34.9 Å². The molecule has 1 aromatic carbocycles. The van der Waals surface area contributed by atoms with Gasteiger partial charge in [0.15, 0.2) is 0 Å². The molecule has 2 aliphatic rings. The first-order valence-corrected chi connectivity index (χ1v) is 9.84. The number of nitriles is 1. The van der Waals surface area contributed by atoms with Crippen molar-refractivity contribution in [1.29, 1.82) is 5.26 Å². The Morgan fingerprint density at radius 1 is 1.33 bits per heavy atom. The highest BCUT2D eigenvalue weighted by Gasteiger charge is 2.46. The van der Waals surface area contributed by atoms with Crippen LogP contribution in [0.5, 0.6) is 0 Å². The number of likely N-dealkylation sites (tertiary alicyclic amines) is 1. The van der Waals surface area contributed by atoms with Crippen molar-refractivity contribution >= 4 is 5.91 Å². The van der Waals surface area contributed by atoms with E-state index in [9.17, 15) is 4.79 Å². The van der Waals surface area contributed by atoms with E-state index in [1.54, 1.807) is 47.6 Å². The molecule has 2 atom stereocenters. The maximum atomic E-state index is 13.6. The van der Waals surface area contributed by atoms with Gasteiger partial charge in [-0.25, -0.2) is 0 Å². The van der Waals surface area contributed by atoms with Crippen LogP contribution in [0.25, 0.3) is 0 Å². The van der Waals surface area contributed by atoms with E-state index < -0.39 is 5.54 Å². The van der Waals surface area contributed by atoms with Crippen molar-refractivity contribution < 1.29 is 9.53 Å². The molecule has 0 spiro atoms. The van der Waals surface area contributed by atoms with Gasteiger partial charge in [-0.05, 0) is 36.6 Å². The first-order chi connectivity index (χ1) is 14.6. The highest BCUT2D eigenvalue weighted by Crippen LogP contribution is 2.37. The lowest BCUT2D eigenvalue weighted by Gasteiger charge is -2.35. The van der Waals surface area contributed by atoms with E-state index in [1.165, 1.54) is 0 Å². The van der Waals surface area contributed by atoms with Crippen molar-refractivity contribution in [3.63, 3.8) is 0 Å². The molecule has 1 amide bonds. The number of nitrogens with two attached hydrogens (primary N) is 1. The van der Waals surface area contributed by atoms with Crippen LogP contribution in [0.1, 0.15) is 29.5 Å². The first-order valence-electron chi connectivity index (χ1n) is 9.84. The van der Waals surface area contributed by atoms with Gasteiger partial charge in [0.1, 0.15) is 6.61 Å². The Morgan fingerprint density at radius 2 is 2.17 bits per heavy atom. The molecule has 8 heteroatoms. The largest absolute Gasteiger partial charge is 0.472 e. The summed E-state index contributed by atoms with van der Waals surface area (Å²) in [6, 6.07) is 12.6. The number of pyridine rings is 1. The van der Waals surface area contributed by atoms with Crippen LogP contribution in [0.4, 0.5) is 0 Å². The fourth-order valence-corrected chi connectivity index (χ4v) is 3.68. The topological polar surface area (TPSA) is 117 Å². The normalized spacial score (nSPS) is 23.0. The van der Waals surface area contributed by atoms with Crippen LogP contribution in [0, 0.1) is 11.3 Å². The van der Waals surface area contributed by atoms with Gasteiger partial charge in [-0.2, -0.15) is 10.4 Å². The van der Waals surface area contributed by atoms with Crippen LogP contribution in [-0.2, 0) is 21.7 Å². The van der Waals surface area contributed by atoms with E-state index in [-0.39, 0.29) is 24.4 Å². The number of rotatable bonds is 5. The number of carbonyl (C=O) groups excluding carboxylic acids is 1. The van der Waals surface area contributed by atoms with E-state index in [0.29, 0.717) is 24.2 Å². The van der Waals surface area contributed by atoms with Crippen LogP contribution in [0.15, 0.2) is 71.0 Å². The number of ether oxygens (including phenoxy) is 1. The lowest BCUT2D eigenvalue weighted by Crippen LogP contribution is -2.51. The molecule has 8 nitrogen and oxygen atoms in total. The summed E-state index contributed by atoms with van der Waals surface area (Å²) in [5, 5.41) is 17.6. The third-order valence-corrected chi connectivity index (χ3v) is 5.27. The Labute approximate surface area is 174 Å². The number of amides is 1. The third kappa shape index (κ3) is 3.93. The molecule has 1 unspecified atom stereocenters. The Morgan fingerprint density at radius 3 is 2.87 bits per heavy atom. The molecule has 2 aliphatic heterocycles. The van der Waals surface area contributed by atoms with E-state index >= 15 is 0 Å². The van der Waals surface area contributed by atoms with E-state index in [1.807, 2.05) is 12.1 Å². The van der Waals surface area contributed by atoms with Gasteiger partial charge in [0.05, 0.1) is 11.6 Å². The second-order valence-electron chi connectivity index (χ2n) is 7.44. The summed E-state index contributed by atoms with van der Waals surface area (Å²) in [5.74, 6) is 0.0870. The van der Waals surface area contributed by atoms with Gasteiger partial charge in [0.2, 0.25) is 11.4 Å². The summed E-state index contributed by atoms with van der Waals surface area (Å²) >= 11 is 0. The Balaban J connectivity index is 1.64. The van der Waals surface area contributed by atoms with Gasteiger partial charge in [-0.3, -0.25) is 9.78 Å². The summed E-state index contributed by atoms with van der Waals surface area (Å²) in [4.78, 5) is 19.4. The number of piperidine rings is 1. The average molecular weight is 402 g/mol. The van der Waals surface area contributed by atoms with Crippen molar-refractivity contribution in [2.75, 3.05) is 13.1 Å². The summed E-state index contributed by atoms with van der Waals surface area (Å²) in [6.07, 6.45) is 6.79. The number of hydrogen-bond donors (Lipinski definition) is 1. The molecule has 0 aliphatic carbocycles. The minimum atomic E-state index is -1.32. The maximum absolute atomic E-state index is 13.6.